The third-order valence-corrected chi connectivity index (χ3v) is 3.66. The van der Waals surface area contributed by atoms with Crippen LogP contribution in [0.1, 0.15) is 30.7 Å². The molecule has 1 aromatic rings. The van der Waals surface area contributed by atoms with Gasteiger partial charge in [-0.3, -0.25) is 0 Å². The molecule has 0 spiro atoms. The summed E-state index contributed by atoms with van der Waals surface area (Å²) >= 11 is 0. The third-order valence-electron chi connectivity index (χ3n) is 3.66. The zero-order valence-electron chi connectivity index (χ0n) is 14.1. The molecule has 0 N–H and O–H groups in total. The molecule has 1 aliphatic rings. The lowest BCUT2D eigenvalue weighted by molar-refractivity contribution is -0.137. The van der Waals surface area contributed by atoms with Crippen molar-refractivity contribution in [2.75, 3.05) is 13.2 Å². The highest BCUT2D eigenvalue weighted by atomic mass is 16.7. The number of rotatable bonds is 8. The van der Waals surface area contributed by atoms with Gasteiger partial charge in [0, 0.05) is 12.0 Å². The van der Waals surface area contributed by atoms with Gasteiger partial charge in [-0.05, 0) is 37.0 Å². The molecular weight excluding hydrogens is 320 g/mol. The van der Waals surface area contributed by atoms with E-state index in [1.807, 2.05) is 24.3 Å². The van der Waals surface area contributed by atoms with Crippen molar-refractivity contribution in [1.82, 2.24) is 0 Å². The van der Waals surface area contributed by atoms with Gasteiger partial charge in [0.1, 0.15) is 5.75 Å². The molecule has 1 aliphatic carbocycles. The van der Waals surface area contributed by atoms with E-state index in [-0.39, 0.29) is 13.2 Å². The maximum atomic E-state index is 11.6. The molecule has 1 aromatic carbocycles. The molecule has 0 saturated carbocycles. The molecule has 0 aliphatic heterocycles. The molecule has 0 radical (unpaired) electrons. The fraction of sp³-hybridized carbons (Fsp3) is 0.300. The Morgan fingerprint density at radius 1 is 1.08 bits per heavy atom. The molecule has 132 valence electrons. The molecule has 0 bridgehead atoms. The van der Waals surface area contributed by atoms with E-state index in [1.165, 1.54) is 5.56 Å². The Morgan fingerprint density at radius 3 is 2.44 bits per heavy atom. The van der Waals surface area contributed by atoms with Crippen molar-refractivity contribution in [3.8, 4) is 5.75 Å². The Kier molecular flexibility index (Phi) is 7.50. The van der Waals surface area contributed by atoms with Crippen molar-refractivity contribution in [1.29, 1.82) is 0 Å². The van der Waals surface area contributed by atoms with Crippen LogP contribution in [0.4, 0.5) is 4.79 Å². The second kappa shape index (κ2) is 10.1. The van der Waals surface area contributed by atoms with Crippen LogP contribution >= 0.6 is 0 Å². The lowest BCUT2D eigenvalue weighted by Gasteiger charge is -2.13. The molecule has 25 heavy (non-hydrogen) atoms. The van der Waals surface area contributed by atoms with Crippen molar-refractivity contribution >= 4 is 12.1 Å². The third kappa shape index (κ3) is 6.67. The smallest absolute Gasteiger partial charge is 0.463 e. The Balaban J connectivity index is 1.65. The molecule has 0 aromatic heterocycles. The fourth-order valence-corrected chi connectivity index (χ4v) is 2.33. The summed E-state index contributed by atoms with van der Waals surface area (Å²) in [6, 6.07) is 7.42. The molecule has 0 saturated heterocycles. The van der Waals surface area contributed by atoms with Crippen LogP contribution in [0.5, 0.6) is 5.75 Å². The number of unbranched alkanes of at least 4 members (excludes halogenated alkanes) is 1. The van der Waals surface area contributed by atoms with Gasteiger partial charge in [-0.2, -0.15) is 0 Å². The average Bonchev–Trinajstić information content (AvgIpc) is 2.65. The lowest BCUT2D eigenvalue weighted by atomic mass is 9.93. The van der Waals surface area contributed by atoms with Crippen molar-refractivity contribution in [3.05, 3.63) is 66.8 Å². The number of ether oxygens (including phenoxy) is 3. The van der Waals surface area contributed by atoms with Gasteiger partial charge in [-0.1, -0.05) is 43.0 Å². The van der Waals surface area contributed by atoms with Gasteiger partial charge in [0.25, 0.3) is 0 Å². The predicted octanol–water partition coefficient (Wildman–Crippen LogP) is 4.31. The van der Waals surface area contributed by atoms with E-state index in [0.717, 1.165) is 12.5 Å². The summed E-state index contributed by atoms with van der Waals surface area (Å²) in [5.41, 5.74) is 1.18. The van der Waals surface area contributed by atoms with Crippen molar-refractivity contribution in [3.63, 3.8) is 0 Å². The normalized spacial score (nSPS) is 15.4. The van der Waals surface area contributed by atoms with E-state index in [2.05, 4.69) is 18.7 Å². The first kappa shape index (κ1) is 18.5. The van der Waals surface area contributed by atoms with Gasteiger partial charge in [-0.15, -0.1) is 0 Å². The number of allylic oxidation sites excluding steroid dienone is 4. The summed E-state index contributed by atoms with van der Waals surface area (Å²) in [6.07, 6.45) is 10.9. The topological polar surface area (TPSA) is 61.8 Å². The van der Waals surface area contributed by atoms with Crippen LogP contribution in [0, 0.1) is 0 Å². The SMILES string of the molecule is C=CC(=O)OCCCCOC(=O)Oc1ccc(C2C=CC=CC2)cc1. The van der Waals surface area contributed by atoms with Gasteiger partial charge in [0.05, 0.1) is 13.2 Å². The lowest BCUT2D eigenvalue weighted by Crippen LogP contribution is -2.12. The van der Waals surface area contributed by atoms with Gasteiger partial charge in [-0.25, -0.2) is 9.59 Å². The highest BCUT2D eigenvalue weighted by Crippen LogP contribution is 2.26. The maximum absolute atomic E-state index is 11.6. The summed E-state index contributed by atoms with van der Waals surface area (Å²) in [5, 5.41) is 0. The molecule has 1 atom stereocenters. The summed E-state index contributed by atoms with van der Waals surface area (Å²) in [5.74, 6) is 0.355. The molecule has 5 heteroatoms. The Labute approximate surface area is 147 Å². The minimum Gasteiger partial charge on any atom is -0.463 e. The molecule has 5 nitrogen and oxygen atoms in total. The van der Waals surface area contributed by atoms with E-state index in [9.17, 15) is 9.59 Å². The number of benzene rings is 1. The zero-order chi connectivity index (χ0) is 17.9. The van der Waals surface area contributed by atoms with Gasteiger partial charge < -0.3 is 14.2 Å². The minimum atomic E-state index is -0.740. The Morgan fingerprint density at radius 2 is 1.80 bits per heavy atom. The Hall–Kier alpha value is -2.82. The maximum Gasteiger partial charge on any atom is 0.513 e. The van der Waals surface area contributed by atoms with Crippen molar-refractivity contribution < 1.29 is 23.8 Å². The van der Waals surface area contributed by atoms with Crippen LogP contribution in [0.15, 0.2) is 61.2 Å². The molecule has 0 heterocycles. The number of hydrogen-bond donors (Lipinski definition) is 0. The molecule has 1 unspecified atom stereocenters. The van der Waals surface area contributed by atoms with Crippen LogP contribution in [-0.2, 0) is 14.3 Å². The number of esters is 1. The summed E-state index contributed by atoms with van der Waals surface area (Å²) in [7, 11) is 0. The minimum absolute atomic E-state index is 0.210. The Bertz CT molecular complexity index is 643. The standard InChI is InChI=1S/C20H22O5/c1-2-19(21)23-14-6-7-15-24-20(22)25-18-12-10-17(11-13-18)16-8-4-3-5-9-16/h2-5,8,10-13,16H,1,6-7,9,14-15H2. The van der Waals surface area contributed by atoms with Gasteiger partial charge >= 0.3 is 12.1 Å². The molecule has 0 fully saturated rings. The van der Waals surface area contributed by atoms with Crippen LogP contribution < -0.4 is 4.74 Å². The predicted molar refractivity (Wildman–Crippen MR) is 94.4 cm³/mol. The van der Waals surface area contributed by atoms with Crippen LogP contribution in [0.25, 0.3) is 0 Å². The highest BCUT2D eigenvalue weighted by molar-refractivity contribution is 5.81. The monoisotopic (exact) mass is 342 g/mol. The van der Waals surface area contributed by atoms with E-state index < -0.39 is 12.1 Å². The van der Waals surface area contributed by atoms with Gasteiger partial charge in [0.2, 0.25) is 0 Å². The molecular formula is C20H22O5. The zero-order valence-corrected chi connectivity index (χ0v) is 14.1. The first-order valence-corrected chi connectivity index (χ1v) is 8.26. The molecule has 0 amide bonds. The fourth-order valence-electron chi connectivity index (χ4n) is 2.33. The quantitative estimate of drug-likeness (QED) is 0.305. The number of hydrogen-bond acceptors (Lipinski definition) is 5. The second-order valence-electron chi connectivity index (χ2n) is 5.50. The first-order valence-electron chi connectivity index (χ1n) is 8.26. The van der Waals surface area contributed by atoms with Crippen LogP contribution in [0.2, 0.25) is 0 Å². The summed E-state index contributed by atoms with van der Waals surface area (Å²) in [6.45, 7) is 3.79. The average molecular weight is 342 g/mol. The molecule has 2 rings (SSSR count). The van der Waals surface area contributed by atoms with Crippen molar-refractivity contribution in [2.24, 2.45) is 0 Å². The number of carbonyl (C=O) groups is 2. The highest BCUT2D eigenvalue weighted by Gasteiger charge is 2.10. The van der Waals surface area contributed by atoms with E-state index in [4.69, 9.17) is 14.2 Å². The van der Waals surface area contributed by atoms with E-state index in [0.29, 0.717) is 24.5 Å². The summed E-state index contributed by atoms with van der Waals surface area (Å²) in [4.78, 5) is 22.5. The van der Waals surface area contributed by atoms with Crippen molar-refractivity contribution in [2.45, 2.75) is 25.2 Å². The van der Waals surface area contributed by atoms with E-state index >= 15 is 0 Å². The largest absolute Gasteiger partial charge is 0.513 e. The number of carbonyl (C=O) groups excluding carboxylic acids is 2. The van der Waals surface area contributed by atoms with Gasteiger partial charge in [0.15, 0.2) is 0 Å². The first-order chi connectivity index (χ1) is 12.2. The van der Waals surface area contributed by atoms with Crippen LogP contribution in [-0.4, -0.2) is 25.3 Å². The summed E-state index contributed by atoms with van der Waals surface area (Å²) < 4.78 is 14.9. The van der Waals surface area contributed by atoms with Crippen LogP contribution in [0.3, 0.4) is 0 Å². The second-order valence-corrected chi connectivity index (χ2v) is 5.50. The van der Waals surface area contributed by atoms with E-state index in [1.54, 1.807) is 12.1 Å².